The molecule has 2 aromatic heterocycles. The monoisotopic (exact) mass is 470 g/mol. The first-order chi connectivity index (χ1) is 15.3. The van der Waals surface area contributed by atoms with Crippen LogP contribution in [0.2, 0.25) is 0 Å². The Hall–Kier alpha value is -3.25. The minimum atomic E-state index is -4.04. The Labute approximate surface area is 184 Å². The molecule has 0 amide bonds. The SMILES string of the molecule is O=C(CNS(=O)(=O)c1cccc2cccnc12)CNS(=O)(=O)c1cccc2cccnc12. The van der Waals surface area contributed by atoms with E-state index in [4.69, 9.17) is 0 Å². The van der Waals surface area contributed by atoms with Crippen LogP contribution in [0.25, 0.3) is 21.8 Å². The van der Waals surface area contributed by atoms with E-state index in [1.807, 2.05) is 0 Å². The third-order valence-electron chi connectivity index (χ3n) is 4.69. The Kier molecular flexibility index (Phi) is 5.98. The molecular formula is C21H18N4O5S2. The Bertz CT molecular complexity index is 1410. The number of nitrogens with zero attached hydrogens (tertiary/aromatic N) is 2. The highest BCUT2D eigenvalue weighted by molar-refractivity contribution is 7.90. The van der Waals surface area contributed by atoms with Crippen molar-refractivity contribution in [3.05, 3.63) is 73.1 Å². The number of para-hydroxylation sites is 2. The lowest BCUT2D eigenvalue weighted by Crippen LogP contribution is -2.37. The van der Waals surface area contributed by atoms with Gasteiger partial charge in [-0.2, -0.15) is 0 Å². The van der Waals surface area contributed by atoms with E-state index in [0.29, 0.717) is 10.8 Å². The zero-order valence-electron chi connectivity index (χ0n) is 16.6. The Morgan fingerprint density at radius 1 is 0.656 bits per heavy atom. The van der Waals surface area contributed by atoms with Gasteiger partial charge < -0.3 is 0 Å². The fourth-order valence-electron chi connectivity index (χ4n) is 3.16. The standard InChI is InChI=1S/C21H18N4O5S2/c26-17(13-24-31(27,28)18-9-1-5-15-7-3-11-22-20(15)18)14-25-32(29,30)19-10-2-6-16-8-4-12-23-21(16)19/h1-12,24-25H,13-14H2. The van der Waals surface area contributed by atoms with Gasteiger partial charge in [0.15, 0.2) is 5.78 Å². The molecule has 0 aliphatic carbocycles. The second-order valence-corrected chi connectivity index (χ2v) is 10.3. The molecule has 2 aromatic carbocycles. The van der Waals surface area contributed by atoms with Crippen molar-refractivity contribution in [2.45, 2.75) is 9.79 Å². The number of sulfonamides is 2. The van der Waals surface area contributed by atoms with Crippen molar-refractivity contribution >= 4 is 47.6 Å². The predicted octanol–water partition coefficient (Wildman–Crippen LogP) is 1.61. The van der Waals surface area contributed by atoms with E-state index in [1.54, 1.807) is 48.5 Å². The van der Waals surface area contributed by atoms with Crippen LogP contribution in [0.3, 0.4) is 0 Å². The van der Waals surface area contributed by atoms with E-state index in [0.717, 1.165) is 0 Å². The second-order valence-electron chi connectivity index (χ2n) is 6.85. The summed E-state index contributed by atoms with van der Waals surface area (Å²) in [6, 6.07) is 16.2. The van der Waals surface area contributed by atoms with Crippen molar-refractivity contribution in [1.29, 1.82) is 0 Å². The number of carbonyl (C=O) groups excluding carboxylic acids is 1. The van der Waals surface area contributed by atoms with E-state index in [9.17, 15) is 21.6 Å². The summed E-state index contributed by atoms with van der Waals surface area (Å²) in [5, 5.41) is 1.27. The van der Waals surface area contributed by atoms with Crippen LogP contribution in [0.4, 0.5) is 0 Å². The second kappa shape index (κ2) is 8.71. The molecule has 11 heteroatoms. The van der Waals surface area contributed by atoms with Crippen LogP contribution in [0.5, 0.6) is 0 Å². The highest BCUT2D eigenvalue weighted by atomic mass is 32.2. The number of fused-ring (bicyclic) bond motifs is 2. The maximum Gasteiger partial charge on any atom is 0.243 e. The zero-order valence-corrected chi connectivity index (χ0v) is 18.2. The molecule has 0 spiro atoms. The normalized spacial score (nSPS) is 12.2. The summed E-state index contributed by atoms with van der Waals surface area (Å²) in [6.07, 6.45) is 2.95. The molecule has 0 unspecified atom stereocenters. The van der Waals surface area contributed by atoms with Gasteiger partial charge in [-0.3, -0.25) is 14.8 Å². The molecule has 2 N–H and O–H groups in total. The van der Waals surface area contributed by atoms with Crippen LogP contribution in [0, 0.1) is 0 Å². The lowest BCUT2D eigenvalue weighted by molar-refractivity contribution is -0.116. The predicted molar refractivity (Wildman–Crippen MR) is 119 cm³/mol. The molecule has 0 radical (unpaired) electrons. The first kappa shape index (κ1) is 22.0. The molecule has 0 atom stereocenters. The molecule has 4 aromatic rings. The number of benzene rings is 2. The van der Waals surface area contributed by atoms with E-state index in [-0.39, 0.29) is 20.8 Å². The van der Waals surface area contributed by atoms with Crippen molar-refractivity contribution in [2.24, 2.45) is 0 Å². The molecule has 4 rings (SSSR count). The van der Waals surface area contributed by atoms with Crippen molar-refractivity contribution in [2.75, 3.05) is 13.1 Å². The summed E-state index contributed by atoms with van der Waals surface area (Å²) in [5.41, 5.74) is 0.554. The minimum Gasteiger partial charge on any atom is -0.297 e. The molecule has 0 aliphatic heterocycles. The molecule has 0 saturated heterocycles. The summed E-state index contributed by atoms with van der Waals surface area (Å²) in [5.74, 6) is -0.654. The average molecular weight is 471 g/mol. The van der Waals surface area contributed by atoms with Gasteiger partial charge in [0.2, 0.25) is 20.0 Å². The topological polar surface area (TPSA) is 135 Å². The van der Waals surface area contributed by atoms with Gasteiger partial charge in [0.25, 0.3) is 0 Å². The van der Waals surface area contributed by atoms with Gasteiger partial charge in [-0.1, -0.05) is 36.4 Å². The van der Waals surface area contributed by atoms with Gasteiger partial charge in [0.05, 0.1) is 24.1 Å². The first-order valence-electron chi connectivity index (χ1n) is 9.46. The number of carbonyl (C=O) groups is 1. The van der Waals surface area contributed by atoms with E-state index in [2.05, 4.69) is 19.4 Å². The quantitative estimate of drug-likeness (QED) is 0.399. The summed E-state index contributed by atoms with van der Waals surface area (Å²) in [6.45, 7) is -1.16. The number of ketones is 1. The van der Waals surface area contributed by atoms with Crippen molar-refractivity contribution in [3.8, 4) is 0 Å². The van der Waals surface area contributed by atoms with E-state index in [1.165, 1.54) is 24.5 Å². The molecule has 2 heterocycles. The third kappa shape index (κ3) is 4.50. The highest BCUT2D eigenvalue weighted by Crippen LogP contribution is 2.21. The van der Waals surface area contributed by atoms with Gasteiger partial charge >= 0.3 is 0 Å². The fraction of sp³-hybridized carbons (Fsp3) is 0.0952. The smallest absolute Gasteiger partial charge is 0.243 e. The molecule has 9 nitrogen and oxygen atoms in total. The Balaban J connectivity index is 1.45. The largest absolute Gasteiger partial charge is 0.297 e. The van der Waals surface area contributed by atoms with Crippen molar-refractivity contribution in [1.82, 2.24) is 19.4 Å². The lowest BCUT2D eigenvalue weighted by atomic mass is 10.2. The maximum absolute atomic E-state index is 12.7. The van der Waals surface area contributed by atoms with Crippen molar-refractivity contribution < 1.29 is 21.6 Å². The number of Topliss-reactive ketones (excluding diaryl/α,β-unsaturated/α-hetero) is 1. The molecule has 0 bridgehead atoms. The number of hydrogen-bond donors (Lipinski definition) is 2. The molecule has 0 saturated carbocycles. The summed E-state index contributed by atoms with van der Waals surface area (Å²) in [4.78, 5) is 20.3. The molecule has 164 valence electrons. The van der Waals surface area contributed by atoms with E-state index < -0.39 is 38.9 Å². The zero-order chi connectivity index (χ0) is 22.8. The fourth-order valence-corrected chi connectivity index (χ4v) is 5.53. The molecule has 0 fully saturated rings. The molecule has 32 heavy (non-hydrogen) atoms. The number of aromatic nitrogens is 2. The first-order valence-corrected chi connectivity index (χ1v) is 12.4. The molecular weight excluding hydrogens is 452 g/mol. The van der Waals surface area contributed by atoms with Gasteiger partial charge in [0.1, 0.15) is 9.79 Å². The summed E-state index contributed by atoms with van der Waals surface area (Å²) in [7, 11) is -8.07. The maximum atomic E-state index is 12.7. The Morgan fingerprint density at radius 2 is 1.06 bits per heavy atom. The third-order valence-corrected chi connectivity index (χ3v) is 7.55. The van der Waals surface area contributed by atoms with Gasteiger partial charge in [-0.25, -0.2) is 26.3 Å². The highest BCUT2D eigenvalue weighted by Gasteiger charge is 2.22. The summed E-state index contributed by atoms with van der Waals surface area (Å²) >= 11 is 0. The van der Waals surface area contributed by atoms with Crippen LogP contribution in [0.15, 0.2) is 82.8 Å². The number of hydrogen-bond acceptors (Lipinski definition) is 7. The summed E-state index contributed by atoms with van der Waals surface area (Å²) < 4.78 is 55.1. The minimum absolute atomic E-state index is 0.0641. The van der Waals surface area contributed by atoms with Crippen LogP contribution in [-0.2, 0) is 24.8 Å². The van der Waals surface area contributed by atoms with E-state index >= 15 is 0 Å². The van der Waals surface area contributed by atoms with Crippen LogP contribution >= 0.6 is 0 Å². The van der Waals surface area contributed by atoms with Gasteiger partial charge in [0, 0.05) is 23.2 Å². The van der Waals surface area contributed by atoms with Gasteiger partial charge in [-0.05, 0) is 24.3 Å². The number of pyridine rings is 2. The lowest BCUT2D eigenvalue weighted by Gasteiger charge is -2.10. The van der Waals surface area contributed by atoms with Gasteiger partial charge in [-0.15, -0.1) is 0 Å². The molecule has 0 aliphatic rings. The average Bonchev–Trinajstić information content (AvgIpc) is 2.80. The van der Waals surface area contributed by atoms with Crippen LogP contribution in [0.1, 0.15) is 0 Å². The van der Waals surface area contributed by atoms with Crippen LogP contribution in [-0.4, -0.2) is 45.7 Å². The Morgan fingerprint density at radius 3 is 1.50 bits per heavy atom. The number of rotatable bonds is 8. The number of nitrogens with one attached hydrogen (secondary N) is 2. The van der Waals surface area contributed by atoms with Crippen LogP contribution < -0.4 is 9.44 Å². The van der Waals surface area contributed by atoms with Crippen molar-refractivity contribution in [3.63, 3.8) is 0 Å².